The minimum absolute atomic E-state index is 0.548. The minimum Gasteiger partial charge on any atom is -0.378 e. The lowest BCUT2D eigenvalue weighted by Crippen LogP contribution is -2.28. The van der Waals surface area contributed by atoms with Gasteiger partial charge in [0.05, 0.1) is 17.6 Å². The molecule has 96 valence electrons. The van der Waals surface area contributed by atoms with Gasteiger partial charge in [0, 0.05) is 18.1 Å². The summed E-state index contributed by atoms with van der Waals surface area (Å²) in [6.07, 6.45) is 3.43. The maximum atomic E-state index is 11.3. The molecule has 2 aromatic heterocycles. The van der Waals surface area contributed by atoms with Crippen molar-refractivity contribution in [3.63, 3.8) is 0 Å². The number of aromatic nitrogens is 4. The molecule has 0 atom stereocenters. The van der Waals surface area contributed by atoms with Gasteiger partial charge < -0.3 is 20.3 Å². The van der Waals surface area contributed by atoms with Crippen LogP contribution in [-0.2, 0) is 6.54 Å². The Kier molecular flexibility index (Phi) is 2.64. The van der Waals surface area contributed by atoms with Gasteiger partial charge in [0.1, 0.15) is 5.82 Å². The molecule has 2 heterocycles. The molecule has 0 radical (unpaired) electrons. The van der Waals surface area contributed by atoms with E-state index in [1.165, 1.54) is 0 Å². The number of imidazole rings is 1. The van der Waals surface area contributed by atoms with Crippen LogP contribution in [0.3, 0.4) is 0 Å². The first-order valence-electron chi connectivity index (χ1n) is 5.71. The molecule has 7 nitrogen and oxygen atoms in total. The van der Waals surface area contributed by atoms with Gasteiger partial charge in [-0.2, -0.15) is 0 Å². The molecule has 0 aliphatic rings. The summed E-state index contributed by atoms with van der Waals surface area (Å²) in [6.45, 7) is 0.548. The number of aromatic amines is 3. The summed E-state index contributed by atoms with van der Waals surface area (Å²) in [6, 6.07) is 5.31. The van der Waals surface area contributed by atoms with Gasteiger partial charge in [0.15, 0.2) is 0 Å². The van der Waals surface area contributed by atoms with Crippen LogP contribution in [0.4, 0.5) is 5.69 Å². The van der Waals surface area contributed by atoms with Crippen molar-refractivity contribution in [2.24, 2.45) is 0 Å². The van der Waals surface area contributed by atoms with E-state index in [0.717, 1.165) is 11.5 Å². The van der Waals surface area contributed by atoms with Gasteiger partial charge in [-0.25, -0.2) is 4.98 Å². The average molecular weight is 257 g/mol. The maximum absolute atomic E-state index is 11.3. The maximum Gasteiger partial charge on any atom is 0.314 e. The van der Waals surface area contributed by atoms with E-state index in [9.17, 15) is 9.59 Å². The molecule has 0 aliphatic heterocycles. The molecule has 0 saturated heterocycles. The standard InChI is InChI=1S/C12H11N5O2/c18-11-12(19)17-9-5-7(1-2-8(9)16-11)15-6-10-13-3-4-14-10/h1-5,15H,6H2,(H,13,14)(H,16,18)(H,17,19). The number of benzene rings is 1. The van der Waals surface area contributed by atoms with Crippen LogP contribution in [0.2, 0.25) is 0 Å². The second-order valence-electron chi connectivity index (χ2n) is 4.06. The Morgan fingerprint density at radius 3 is 2.63 bits per heavy atom. The van der Waals surface area contributed by atoms with Crippen molar-refractivity contribution in [1.29, 1.82) is 0 Å². The lowest BCUT2D eigenvalue weighted by molar-refractivity contribution is 1.000. The molecule has 7 heteroatoms. The van der Waals surface area contributed by atoms with Crippen molar-refractivity contribution in [3.8, 4) is 0 Å². The fourth-order valence-electron chi connectivity index (χ4n) is 1.81. The third kappa shape index (κ3) is 2.25. The van der Waals surface area contributed by atoms with Gasteiger partial charge in [-0.15, -0.1) is 0 Å². The zero-order valence-corrected chi connectivity index (χ0v) is 9.86. The average Bonchev–Trinajstić information content (AvgIpc) is 2.91. The largest absolute Gasteiger partial charge is 0.378 e. The van der Waals surface area contributed by atoms with Crippen molar-refractivity contribution in [2.75, 3.05) is 5.32 Å². The summed E-state index contributed by atoms with van der Waals surface area (Å²) in [4.78, 5) is 34.5. The van der Waals surface area contributed by atoms with Gasteiger partial charge in [-0.05, 0) is 18.2 Å². The first kappa shape index (κ1) is 11.3. The fourth-order valence-corrected chi connectivity index (χ4v) is 1.81. The number of H-pyrrole nitrogens is 3. The number of nitrogens with zero attached hydrogens (tertiary/aromatic N) is 1. The predicted molar refractivity (Wildman–Crippen MR) is 71.1 cm³/mol. The fraction of sp³-hybridized carbons (Fsp3) is 0.0833. The molecule has 0 aliphatic carbocycles. The van der Waals surface area contributed by atoms with Gasteiger partial charge in [0.25, 0.3) is 0 Å². The van der Waals surface area contributed by atoms with Crippen LogP contribution in [0.1, 0.15) is 5.82 Å². The van der Waals surface area contributed by atoms with Crippen LogP contribution in [0, 0.1) is 0 Å². The number of fused-ring (bicyclic) bond motifs is 1. The van der Waals surface area contributed by atoms with E-state index >= 15 is 0 Å². The van der Waals surface area contributed by atoms with Crippen LogP contribution in [-0.4, -0.2) is 19.9 Å². The van der Waals surface area contributed by atoms with Crippen LogP contribution >= 0.6 is 0 Å². The molecule has 0 fully saturated rings. The summed E-state index contributed by atoms with van der Waals surface area (Å²) in [7, 11) is 0. The van der Waals surface area contributed by atoms with E-state index in [-0.39, 0.29) is 0 Å². The zero-order valence-electron chi connectivity index (χ0n) is 9.86. The van der Waals surface area contributed by atoms with E-state index in [4.69, 9.17) is 0 Å². The van der Waals surface area contributed by atoms with E-state index in [1.54, 1.807) is 24.5 Å². The molecular formula is C12H11N5O2. The van der Waals surface area contributed by atoms with Crippen molar-refractivity contribution < 1.29 is 0 Å². The second-order valence-corrected chi connectivity index (χ2v) is 4.06. The molecule has 1 aromatic carbocycles. The van der Waals surface area contributed by atoms with Gasteiger partial charge in [0.2, 0.25) is 0 Å². The molecule has 0 saturated carbocycles. The Labute approximate surface area is 106 Å². The van der Waals surface area contributed by atoms with Crippen molar-refractivity contribution in [2.45, 2.75) is 6.54 Å². The first-order chi connectivity index (χ1) is 9.22. The smallest absolute Gasteiger partial charge is 0.314 e. The van der Waals surface area contributed by atoms with Gasteiger partial charge in [-0.3, -0.25) is 9.59 Å². The summed E-state index contributed by atoms with van der Waals surface area (Å²) >= 11 is 0. The molecule has 0 unspecified atom stereocenters. The van der Waals surface area contributed by atoms with Crippen LogP contribution in [0.25, 0.3) is 11.0 Å². The van der Waals surface area contributed by atoms with Crippen molar-refractivity contribution >= 4 is 16.7 Å². The normalized spacial score (nSPS) is 10.7. The van der Waals surface area contributed by atoms with Gasteiger partial charge in [-0.1, -0.05) is 0 Å². The highest BCUT2D eigenvalue weighted by molar-refractivity contribution is 5.78. The Morgan fingerprint density at radius 1 is 1.11 bits per heavy atom. The lowest BCUT2D eigenvalue weighted by atomic mass is 10.2. The van der Waals surface area contributed by atoms with Gasteiger partial charge >= 0.3 is 11.1 Å². The molecule has 4 N–H and O–H groups in total. The van der Waals surface area contributed by atoms with Crippen LogP contribution in [0.15, 0.2) is 40.2 Å². The third-order valence-corrected chi connectivity index (χ3v) is 2.74. The summed E-state index contributed by atoms with van der Waals surface area (Å²) in [5.41, 5.74) is 0.688. The number of hydrogen-bond donors (Lipinski definition) is 4. The lowest BCUT2D eigenvalue weighted by Gasteiger charge is -2.05. The first-order valence-corrected chi connectivity index (χ1v) is 5.71. The topological polar surface area (TPSA) is 106 Å². The van der Waals surface area contributed by atoms with Crippen molar-refractivity contribution in [3.05, 3.63) is 57.1 Å². The van der Waals surface area contributed by atoms with Crippen molar-refractivity contribution in [1.82, 2.24) is 19.9 Å². The summed E-state index contributed by atoms with van der Waals surface area (Å²) < 4.78 is 0. The Hall–Kier alpha value is -2.83. The Morgan fingerprint density at radius 2 is 1.89 bits per heavy atom. The molecular weight excluding hydrogens is 246 g/mol. The quantitative estimate of drug-likeness (QED) is 0.514. The molecule has 3 aromatic rings. The van der Waals surface area contributed by atoms with E-state index in [0.29, 0.717) is 17.6 Å². The highest BCUT2D eigenvalue weighted by Crippen LogP contribution is 2.14. The second kappa shape index (κ2) is 4.45. The summed E-state index contributed by atoms with van der Waals surface area (Å²) in [5, 5.41) is 3.17. The molecule has 3 rings (SSSR count). The zero-order chi connectivity index (χ0) is 13.2. The third-order valence-electron chi connectivity index (χ3n) is 2.74. The Balaban J connectivity index is 1.91. The van der Waals surface area contributed by atoms with Crippen LogP contribution < -0.4 is 16.4 Å². The van der Waals surface area contributed by atoms with E-state index in [2.05, 4.69) is 25.3 Å². The molecule has 0 amide bonds. The number of hydrogen-bond acceptors (Lipinski definition) is 4. The molecule has 19 heavy (non-hydrogen) atoms. The molecule has 0 bridgehead atoms. The number of nitrogens with one attached hydrogen (secondary N) is 4. The van der Waals surface area contributed by atoms with E-state index in [1.807, 2.05) is 6.07 Å². The van der Waals surface area contributed by atoms with E-state index < -0.39 is 11.1 Å². The molecule has 0 spiro atoms. The summed E-state index contributed by atoms with van der Waals surface area (Å²) in [5.74, 6) is 0.815. The number of anilines is 1. The number of rotatable bonds is 3. The predicted octanol–water partition coefficient (Wildman–Crippen LogP) is 0.552. The highest BCUT2D eigenvalue weighted by Gasteiger charge is 2.01. The highest BCUT2D eigenvalue weighted by atomic mass is 16.2. The minimum atomic E-state index is -0.657. The van der Waals surface area contributed by atoms with Crippen LogP contribution in [0.5, 0.6) is 0 Å². The SMILES string of the molecule is O=c1[nH]c2ccc(NCc3ncc[nH]3)cc2[nH]c1=O. The monoisotopic (exact) mass is 257 g/mol. The Bertz CT molecular complexity index is 816.